The zero-order chi connectivity index (χ0) is 21.5. The van der Waals surface area contributed by atoms with Gasteiger partial charge in [0, 0.05) is 12.0 Å². The van der Waals surface area contributed by atoms with E-state index in [2.05, 4.69) is 38.3 Å². The van der Waals surface area contributed by atoms with Crippen LogP contribution in [0, 0.1) is 18.4 Å². The van der Waals surface area contributed by atoms with Crippen LogP contribution in [0.3, 0.4) is 0 Å². The summed E-state index contributed by atoms with van der Waals surface area (Å²) in [6.07, 6.45) is 12.3. The number of aliphatic hydroxyl groups is 1. The highest BCUT2D eigenvalue weighted by atomic mass is 16.5. The lowest BCUT2D eigenvalue weighted by molar-refractivity contribution is 0.120. The molecule has 2 atom stereocenters. The number of phenolic OH excluding ortho intramolecular Hbond substituents is 1. The molecule has 2 N–H and O–H groups in total. The molecule has 1 aromatic carbocycles. The van der Waals surface area contributed by atoms with Crippen LogP contribution in [0.2, 0.25) is 0 Å². The van der Waals surface area contributed by atoms with Gasteiger partial charge < -0.3 is 19.7 Å². The number of nitrogens with zero attached hydrogens (tertiary/aromatic N) is 1. The van der Waals surface area contributed by atoms with Gasteiger partial charge in [0.05, 0.1) is 6.08 Å². The van der Waals surface area contributed by atoms with Crippen molar-refractivity contribution in [1.29, 1.82) is 0 Å². The Balaban J connectivity index is 1.49. The normalized spacial score (nSPS) is 18.8. The highest BCUT2D eigenvalue weighted by molar-refractivity contribution is 5.83. The second-order valence-electron chi connectivity index (χ2n) is 8.23. The number of benzene rings is 1. The van der Waals surface area contributed by atoms with Crippen molar-refractivity contribution in [2.45, 2.75) is 65.1 Å². The van der Waals surface area contributed by atoms with Crippen molar-refractivity contribution in [2.24, 2.45) is 10.9 Å². The summed E-state index contributed by atoms with van der Waals surface area (Å²) < 4.78 is 11.7. The summed E-state index contributed by atoms with van der Waals surface area (Å²) in [6, 6.07) is 5.94. The minimum Gasteiger partial charge on any atom is -0.592 e. The van der Waals surface area contributed by atoms with Gasteiger partial charge in [-0.2, -0.15) is 12.5 Å². The van der Waals surface area contributed by atoms with Crippen molar-refractivity contribution < 1.29 is 19.7 Å². The van der Waals surface area contributed by atoms with Crippen LogP contribution >= 0.6 is 0 Å². The van der Waals surface area contributed by atoms with Crippen molar-refractivity contribution in [1.82, 2.24) is 0 Å². The second kappa shape index (κ2) is 10.5. The smallest absolute Gasteiger partial charge is 0.181 e. The number of aryl methyl sites for hydroxylation is 1. The van der Waals surface area contributed by atoms with Crippen molar-refractivity contribution in [3.63, 3.8) is 0 Å². The molecule has 1 aromatic rings. The molecule has 2 aliphatic rings. The average Bonchev–Trinajstić information content (AvgIpc) is 3.40. The molecule has 2 heterocycles. The molecular weight excluding hydrogens is 378 g/mol. The summed E-state index contributed by atoms with van der Waals surface area (Å²) in [5.74, 6) is 1.80. The van der Waals surface area contributed by atoms with Gasteiger partial charge in [-0.15, -0.1) is 4.99 Å². The van der Waals surface area contributed by atoms with E-state index in [9.17, 15) is 10.2 Å². The molecule has 0 radical (unpaired) electrons. The van der Waals surface area contributed by atoms with E-state index in [-0.39, 0.29) is 18.5 Å². The predicted molar refractivity (Wildman–Crippen MR) is 119 cm³/mol. The molecule has 0 saturated heterocycles. The van der Waals surface area contributed by atoms with Crippen LogP contribution in [-0.4, -0.2) is 35.2 Å². The van der Waals surface area contributed by atoms with Crippen molar-refractivity contribution >= 4 is 6.21 Å². The molecule has 0 fully saturated rings. The first kappa shape index (κ1) is 22.2. The molecular formula is C25H33NO4. The Morgan fingerprint density at radius 2 is 2.13 bits per heavy atom. The molecule has 0 amide bonds. The van der Waals surface area contributed by atoms with Crippen LogP contribution in [0.1, 0.15) is 52.0 Å². The van der Waals surface area contributed by atoms with Crippen LogP contribution < -0.4 is 4.74 Å². The first-order valence-electron chi connectivity index (χ1n) is 10.9. The van der Waals surface area contributed by atoms with Gasteiger partial charge in [-0.1, -0.05) is 38.0 Å². The minimum absolute atomic E-state index is 0.0356. The summed E-state index contributed by atoms with van der Waals surface area (Å²) in [5, 5.41) is 20.5. The van der Waals surface area contributed by atoms with Gasteiger partial charge in [0.2, 0.25) is 0 Å². The van der Waals surface area contributed by atoms with Gasteiger partial charge in [-0.05, 0) is 44.4 Å². The van der Waals surface area contributed by atoms with E-state index >= 15 is 0 Å². The number of hydrogen-bond donors (Lipinski definition) is 2. The Hall–Kier alpha value is -2.53. The monoisotopic (exact) mass is 411 g/mol. The first-order valence-corrected chi connectivity index (χ1v) is 10.9. The number of hydrogen-bond acceptors (Lipinski definition) is 5. The molecule has 0 aliphatic carbocycles. The number of ether oxygens (including phenoxy) is 2. The lowest BCUT2D eigenvalue weighted by atomic mass is 10.0. The Morgan fingerprint density at radius 1 is 1.30 bits per heavy atom. The first-order chi connectivity index (χ1) is 14.5. The van der Waals surface area contributed by atoms with E-state index < -0.39 is 6.10 Å². The summed E-state index contributed by atoms with van der Waals surface area (Å²) in [4.78, 5) is 4.27. The molecule has 0 spiro atoms. The number of unbranched alkanes of at least 4 members (excludes halogenated alkanes) is 1. The van der Waals surface area contributed by atoms with Crippen LogP contribution in [0.5, 0.6) is 11.5 Å². The molecule has 2 aliphatic heterocycles. The number of aliphatic imine (C=N–C) groups is 1. The molecule has 0 saturated carbocycles. The maximum absolute atomic E-state index is 10.4. The Kier molecular flexibility index (Phi) is 7.75. The molecule has 3 rings (SSSR count). The highest BCUT2D eigenvalue weighted by Crippen LogP contribution is 2.30. The summed E-state index contributed by atoms with van der Waals surface area (Å²) in [7, 11) is 0. The fourth-order valence-corrected chi connectivity index (χ4v) is 3.43. The highest BCUT2D eigenvalue weighted by Gasteiger charge is 2.30. The van der Waals surface area contributed by atoms with E-state index in [0.717, 1.165) is 36.2 Å². The lowest BCUT2D eigenvalue weighted by Crippen LogP contribution is -2.22. The Morgan fingerprint density at radius 3 is 2.87 bits per heavy atom. The summed E-state index contributed by atoms with van der Waals surface area (Å²) >= 11 is 0. The van der Waals surface area contributed by atoms with Crippen molar-refractivity contribution in [3.8, 4) is 11.5 Å². The minimum atomic E-state index is -0.840. The molecule has 5 heteroatoms. The summed E-state index contributed by atoms with van der Waals surface area (Å²) in [6.45, 7) is 6.40. The van der Waals surface area contributed by atoms with Crippen LogP contribution in [-0.2, 0) is 11.2 Å². The van der Waals surface area contributed by atoms with E-state index in [4.69, 9.17) is 9.47 Å². The maximum Gasteiger partial charge on any atom is 0.181 e. The van der Waals surface area contributed by atoms with E-state index in [1.165, 1.54) is 12.8 Å². The zero-order valence-corrected chi connectivity index (χ0v) is 18.2. The maximum atomic E-state index is 10.4. The standard InChI is InChI=1S/C25H33NO4/c1-4-5-6-20-10-11-21(30-20)9-7-18-8-12-23(27)25(13-18)29-16-24(28)22-14-19(15-26-22)17(2)3/h8,10-15,17,20,24,27-28H,4-7,9,16H2,1-3H3. The number of aliphatic hydroxyl groups excluding tert-OH is 1. The van der Waals surface area contributed by atoms with Crippen LogP contribution in [0.25, 0.3) is 0 Å². The third kappa shape index (κ3) is 5.99. The molecule has 162 valence electrons. The van der Waals surface area contributed by atoms with Gasteiger partial charge in [0.1, 0.15) is 12.2 Å². The molecule has 0 bridgehead atoms. The van der Waals surface area contributed by atoms with Gasteiger partial charge in [-0.25, -0.2) is 0 Å². The van der Waals surface area contributed by atoms with E-state index in [1.807, 2.05) is 18.2 Å². The number of rotatable bonds is 11. The van der Waals surface area contributed by atoms with Crippen LogP contribution in [0.4, 0.5) is 0 Å². The topological polar surface area (TPSA) is 71.3 Å². The fourth-order valence-electron chi connectivity index (χ4n) is 3.43. The van der Waals surface area contributed by atoms with Gasteiger partial charge in [0.15, 0.2) is 29.9 Å². The third-order valence-corrected chi connectivity index (χ3v) is 5.41. The molecule has 2 unspecified atom stereocenters. The van der Waals surface area contributed by atoms with Crippen LogP contribution in [0.15, 0.2) is 46.7 Å². The quantitative estimate of drug-likeness (QED) is 0.506. The van der Waals surface area contributed by atoms with E-state index in [0.29, 0.717) is 17.7 Å². The summed E-state index contributed by atoms with van der Waals surface area (Å²) in [5.41, 5.74) is 2.14. The predicted octanol–water partition coefficient (Wildman–Crippen LogP) is 4.94. The zero-order valence-electron chi connectivity index (χ0n) is 18.2. The van der Waals surface area contributed by atoms with E-state index in [1.54, 1.807) is 12.3 Å². The van der Waals surface area contributed by atoms with Gasteiger partial charge in [-0.3, -0.25) is 0 Å². The Labute approximate surface area is 180 Å². The molecule has 0 aromatic heterocycles. The fraction of sp³-hybridized carbons (Fsp3) is 0.480. The average molecular weight is 412 g/mol. The second-order valence-corrected chi connectivity index (χ2v) is 8.23. The molecule has 30 heavy (non-hydrogen) atoms. The number of aromatic hydroxyl groups is 1. The van der Waals surface area contributed by atoms with Gasteiger partial charge in [0.25, 0.3) is 0 Å². The number of phenols is 1. The van der Waals surface area contributed by atoms with Crippen molar-refractivity contribution in [3.05, 3.63) is 59.7 Å². The Bertz CT molecular complexity index is 796. The lowest BCUT2D eigenvalue weighted by Gasteiger charge is -2.20. The van der Waals surface area contributed by atoms with Crippen molar-refractivity contribution in [2.75, 3.05) is 6.61 Å². The molecule has 5 nitrogen and oxygen atoms in total. The van der Waals surface area contributed by atoms with Gasteiger partial charge >= 0.3 is 0 Å². The SMILES string of the molecule is CCCCC1[CH-]C=C(CCc2ccc(O)c(OCC(O)[C+]3C=C(C(C)C)C=N3)c2)O1. The largest absolute Gasteiger partial charge is 0.592 e. The third-order valence-electron chi connectivity index (χ3n) is 5.41. The number of allylic oxidation sites excluding steroid dienone is 2.